The molecule has 6 nitrogen and oxygen atoms in total. The summed E-state index contributed by atoms with van der Waals surface area (Å²) in [5.74, 6) is -0.523. The summed E-state index contributed by atoms with van der Waals surface area (Å²) >= 11 is 1.55. The summed E-state index contributed by atoms with van der Waals surface area (Å²) in [6.45, 7) is 0. The van der Waals surface area contributed by atoms with E-state index in [0.717, 1.165) is 0 Å². The zero-order valence-corrected chi connectivity index (χ0v) is 13.6. The molecular weight excluding hydrogens is 318 g/mol. The summed E-state index contributed by atoms with van der Waals surface area (Å²) in [5.41, 5.74) is -0.475. The van der Waals surface area contributed by atoms with E-state index in [9.17, 15) is 14.4 Å². The number of ether oxygens (including phenoxy) is 1. The van der Waals surface area contributed by atoms with Gasteiger partial charge in [-0.25, -0.2) is 9.59 Å². The summed E-state index contributed by atoms with van der Waals surface area (Å²) in [4.78, 5) is 36.0. The largest absolute Gasteiger partial charge is 0.467 e. The first-order valence-electron chi connectivity index (χ1n) is 6.97. The van der Waals surface area contributed by atoms with Gasteiger partial charge in [0.2, 0.25) is 0 Å². The Morgan fingerprint density at radius 2 is 2.09 bits per heavy atom. The Kier molecular flexibility index (Phi) is 5.81. The number of esters is 1. The third kappa shape index (κ3) is 4.13. The fraction of sp³-hybridized carbons (Fsp3) is 0.312. The first-order valence-corrected chi connectivity index (χ1v) is 8.36. The molecule has 0 unspecified atom stereocenters. The minimum absolute atomic E-state index is 0.137. The Hall–Kier alpha value is -2.28. The van der Waals surface area contributed by atoms with Crippen LogP contribution >= 0.6 is 11.8 Å². The maximum Gasteiger partial charge on any atom is 0.349 e. The average Bonchev–Trinajstić information content (AvgIpc) is 2.56. The molecule has 1 aromatic carbocycles. The molecule has 0 fully saturated rings. The molecule has 0 aliphatic rings. The fourth-order valence-electron chi connectivity index (χ4n) is 2.08. The van der Waals surface area contributed by atoms with Crippen molar-refractivity contribution in [3.05, 3.63) is 46.3 Å². The number of hydrogen-bond donors (Lipinski definition) is 1. The van der Waals surface area contributed by atoms with E-state index in [1.54, 1.807) is 36.0 Å². The van der Waals surface area contributed by atoms with Crippen molar-refractivity contribution >= 4 is 34.6 Å². The molecule has 1 heterocycles. The lowest BCUT2D eigenvalue weighted by molar-refractivity contribution is -0.142. The lowest BCUT2D eigenvalue weighted by Gasteiger charge is -2.15. The molecule has 0 bridgehead atoms. The Balaban J connectivity index is 2.26. The number of fused-ring (bicyclic) bond motifs is 1. The topological polar surface area (TPSA) is 85.6 Å². The highest BCUT2D eigenvalue weighted by molar-refractivity contribution is 7.98. The predicted molar refractivity (Wildman–Crippen MR) is 88.8 cm³/mol. The van der Waals surface area contributed by atoms with E-state index in [4.69, 9.17) is 4.42 Å². The molecule has 0 spiro atoms. The van der Waals surface area contributed by atoms with Crippen molar-refractivity contribution in [1.29, 1.82) is 0 Å². The second-order valence-electron chi connectivity index (χ2n) is 4.82. The summed E-state index contributed by atoms with van der Waals surface area (Å²) in [6.07, 6.45) is 2.31. The van der Waals surface area contributed by atoms with Crippen molar-refractivity contribution in [2.75, 3.05) is 19.1 Å². The highest BCUT2D eigenvalue weighted by Crippen LogP contribution is 2.13. The van der Waals surface area contributed by atoms with Crippen LogP contribution in [-0.2, 0) is 9.53 Å². The van der Waals surface area contributed by atoms with Crippen molar-refractivity contribution in [1.82, 2.24) is 5.32 Å². The van der Waals surface area contributed by atoms with Crippen molar-refractivity contribution in [3.8, 4) is 0 Å². The third-order valence-corrected chi connectivity index (χ3v) is 3.93. The van der Waals surface area contributed by atoms with Gasteiger partial charge in [-0.05, 0) is 30.6 Å². The number of carbonyl (C=O) groups is 2. The molecule has 1 N–H and O–H groups in total. The molecule has 0 saturated carbocycles. The predicted octanol–water partition coefficient (Wildman–Crippen LogP) is 1.82. The van der Waals surface area contributed by atoms with Gasteiger partial charge >= 0.3 is 11.6 Å². The normalized spacial score (nSPS) is 11.9. The van der Waals surface area contributed by atoms with Crippen LogP contribution in [0.3, 0.4) is 0 Å². The van der Waals surface area contributed by atoms with E-state index in [0.29, 0.717) is 23.1 Å². The number of rotatable bonds is 6. The van der Waals surface area contributed by atoms with Crippen molar-refractivity contribution < 1.29 is 18.7 Å². The van der Waals surface area contributed by atoms with Gasteiger partial charge in [0.05, 0.1) is 7.11 Å². The first-order chi connectivity index (χ1) is 11.1. The molecule has 1 atom stereocenters. The molecule has 7 heteroatoms. The van der Waals surface area contributed by atoms with E-state index in [2.05, 4.69) is 10.1 Å². The molecular formula is C16H17NO5S. The average molecular weight is 335 g/mol. The van der Waals surface area contributed by atoms with Crippen LogP contribution in [0.4, 0.5) is 0 Å². The maximum absolute atomic E-state index is 12.3. The van der Waals surface area contributed by atoms with Crippen LogP contribution in [0.2, 0.25) is 0 Å². The summed E-state index contributed by atoms with van der Waals surface area (Å²) in [5, 5.41) is 3.17. The zero-order chi connectivity index (χ0) is 16.8. The second-order valence-corrected chi connectivity index (χ2v) is 5.80. The van der Waals surface area contributed by atoms with Crippen molar-refractivity contribution in [2.24, 2.45) is 0 Å². The number of thioether (sulfide) groups is 1. The number of carbonyl (C=O) groups excluding carboxylic acids is 2. The van der Waals surface area contributed by atoms with E-state index in [-0.39, 0.29) is 5.56 Å². The number of amides is 1. The van der Waals surface area contributed by atoms with E-state index < -0.39 is 23.5 Å². The molecule has 0 radical (unpaired) electrons. The quantitative estimate of drug-likeness (QED) is 0.640. The van der Waals surface area contributed by atoms with Crippen LogP contribution in [0.15, 0.2) is 39.5 Å². The smallest absolute Gasteiger partial charge is 0.349 e. The van der Waals surface area contributed by atoms with E-state index in [1.165, 1.54) is 13.2 Å². The van der Waals surface area contributed by atoms with Gasteiger partial charge in [-0.1, -0.05) is 18.2 Å². The lowest BCUT2D eigenvalue weighted by Crippen LogP contribution is -2.43. The number of methoxy groups -OCH3 is 1. The standard InChI is InChI=1S/C16H17NO5S/c1-21-16(20)12(7-8-23-2)17-14(18)11-9-10-5-3-4-6-13(10)22-15(11)19/h3-6,9,12H,7-8H2,1-2H3,(H,17,18)/t12-/m1/s1. The van der Waals surface area contributed by atoms with E-state index in [1.807, 2.05) is 6.26 Å². The molecule has 2 aromatic rings. The lowest BCUT2D eigenvalue weighted by atomic mass is 10.1. The summed E-state index contributed by atoms with van der Waals surface area (Å²) in [7, 11) is 1.25. The molecule has 0 saturated heterocycles. The van der Waals surface area contributed by atoms with Crippen molar-refractivity contribution in [3.63, 3.8) is 0 Å². The van der Waals surface area contributed by atoms with Crippen LogP contribution < -0.4 is 10.9 Å². The van der Waals surface area contributed by atoms with Crippen LogP contribution in [0.1, 0.15) is 16.8 Å². The van der Waals surface area contributed by atoms with Crippen LogP contribution in [0.5, 0.6) is 0 Å². The number of nitrogens with one attached hydrogen (secondary N) is 1. The maximum atomic E-state index is 12.3. The fourth-order valence-corrected chi connectivity index (χ4v) is 2.55. The van der Waals surface area contributed by atoms with Gasteiger partial charge in [0.15, 0.2) is 0 Å². The molecule has 122 valence electrons. The summed E-state index contributed by atoms with van der Waals surface area (Å²) < 4.78 is 9.81. The first kappa shape index (κ1) is 17.1. The molecule has 2 rings (SSSR count). The van der Waals surface area contributed by atoms with Gasteiger partial charge in [0, 0.05) is 5.39 Å². The molecule has 0 aliphatic heterocycles. The highest BCUT2D eigenvalue weighted by Gasteiger charge is 2.23. The van der Waals surface area contributed by atoms with Crippen LogP contribution in [0, 0.1) is 0 Å². The third-order valence-electron chi connectivity index (χ3n) is 3.29. The number of benzene rings is 1. The SMILES string of the molecule is COC(=O)[C@@H](CCSC)NC(=O)c1cc2ccccc2oc1=O. The van der Waals surface area contributed by atoms with Crippen LogP contribution in [-0.4, -0.2) is 37.0 Å². The Bertz CT molecular complexity index is 770. The Labute approximate surface area is 137 Å². The van der Waals surface area contributed by atoms with Gasteiger partial charge in [0.25, 0.3) is 5.91 Å². The van der Waals surface area contributed by atoms with Gasteiger partial charge in [-0.3, -0.25) is 4.79 Å². The van der Waals surface area contributed by atoms with Gasteiger partial charge < -0.3 is 14.5 Å². The van der Waals surface area contributed by atoms with E-state index >= 15 is 0 Å². The van der Waals surface area contributed by atoms with Gasteiger partial charge in [-0.15, -0.1) is 0 Å². The number of para-hydroxylation sites is 1. The molecule has 0 aliphatic carbocycles. The monoisotopic (exact) mass is 335 g/mol. The number of hydrogen-bond acceptors (Lipinski definition) is 6. The Morgan fingerprint density at radius 3 is 2.78 bits per heavy atom. The molecule has 1 amide bonds. The minimum Gasteiger partial charge on any atom is -0.467 e. The molecule has 23 heavy (non-hydrogen) atoms. The highest BCUT2D eigenvalue weighted by atomic mass is 32.2. The van der Waals surface area contributed by atoms with Crippen LogP contribution in [0.25, 0.3) is 11.0 Å². The second kappa shape index (κ2) is 7.82. The van der Waals surface area contributed by atoms with Crippen molar-refractivity contribution in [2.45, 2.75) is 12.5 Å². The molecule has 1 aromatic heterocycles. The van der Waals surface area contributed by atoms with Gasteiger partial charge in [-0.2, -0.15) is 11.8 Å². The Morgan fingerprint density at radius 1 is 1.35 bits per heavy atom. The minimum atomic E-state index is -0.800. The van der Waals surface area contributed by atoms with Gasteiger partial charge in [0.1, 0.15) is 17.2 Å². The summed E-state index contributed by atoms with van der Waals surface area (Å²) in [6, 6.07) is 7.56. The zero-order valence-electron chi connectivity index (χ0n) is 12.8.